The fraction of sp³-hybridized carbons (Fsp3) is 0.571. The third-order valence-corrected chi connectivity index (χ3v) is 1.82. The zero-order chi connectivity index (χ0) is 8.43. The van der Waals surface area contributed by atoms with Crippen LogP contribution >= 0.6 is 11.6 Å². The predicted octanol–water partition coefficient (Wildman–Crippen LogP) is 0.755. The lowest BCUT2D eigenvalue weighted by Gasteiger charge is -2.36. The Balaban J connectivity index is 2.19. The van der Waals surface area contributed by atoms with Crippen LogP contribution in [0.5, 0.6) is 0 Å². The maximum absolute atomic E-state index is 10.3. The maximum Gasteiger partial charge on any atom is 0.309 e. The van der Waals surface area contributed by atoms with Crippen molar-refractivity contribution >= 4 is 17.6 Å². The van der Waals surface area contributed by atoms with Gasteiger partial charge >= 0.3 is 5.97 Å². The first-order chi connectivity index (χ1) is 5.09. The Morgan fingerprint density at radius 2 is 2.27 bits per heavy atom. The van der Waals surface area contributed by atoms with E-state index in [2.05, 4.69) is 6.58 Å². The smallest absolute Gasteiger partial charge is 0.309 e. The van der Waals surface area contributed by atoms with Crippen LogP contribution in [0.25, 0.3) is 0 Å². The normalized spacial score (nSPS) is 19.4. The highest BCUT2D eigenvalue weighted by molar-refractivity contribution is 6.29. The van der Waals surface area contributed by atoms with Gasteiger partial charge in [-0.25, -0.2) is 0 Å². The standard InChI is InChI=1S/C7H10ClNO2/c1-5(8)2-9-3-6(4-9)7(10)11/h6H,1-4H2,(H,10,11). The lowest BCUT2D eigenvalue weighted by Crippen LogP contribution is -2.50. The highest BCUT2D eigenvalue weighted by atomic mass is 35.5. The average Bonchev–Trinajstić information content (AvgIpc) is 1.75. The van der Waals surface area contributed by atoms with E-state index in [4.69, 9.17) is 16.7 Å². The molecule has 4 heteroatoms. The first kappa shape index (κ1) is 8.56. The highest BCUT2D eigenvalue weighted by Gasteiger charge is 2.31. The molecule has 62 valence electrons. The molecule has 1 heterocycles. The number of likely N-dealkylation sites (tertiary alicyclic amines) is 1. The van der Waals surface area contributed by atoms with Crippen LogP contribution in [0.2, 0.25) is 0 Å². The summed E-state index contributed by atoms with van der Waals surface area (Å²) in [5.74, 6) is -0.924. The van der Waals surface area contributed by atoms with Crippen molar-refractivity contribution in [1.29, 1.82) is 0 Å². The Labute approximate surface area is 70.3 Å². The van der Waals surface area contributed by atoms with Gasteiger partial charge in [-0.15, -0.1) is 0 Å². The van der Waals surface area contributed by atoms with Gasteiger partial charge in [-0.1, -0.05) is 18.2 Å². The van der Waals surface area contributed by atoms with Crippen LogP contribution < -0.4 is 0 Å². The van der Waals surface area contributed by atoms with Gasteiger partial charge in [0.25, 0.3) is 0 Å². The van der Waals surface area contributed by atoms with Gasteiger partial charge in [0.05, 0.1) is 5.92 Å². The molecule has 1 N–H and O–H groups in total. The quantitative estimate of drug-likeness (QED) is 0.689. The number of carbonyl (C=O) groups is 1. The van der Waals surface area contributed by atoms with Crippen molar-refractivity contribution in [2.45, 2.75) is 0 Å². The number of carboxylic acid groups (broad SMARTS) is 1. The van der Waals surface area contributed by atoms with E-state index in [-0.39, 0.29) is 5.92 Å². The van der Waals surface area contributed by atoms with E-state index in [0.29, 0.717) is 24.7 Å². The van der Waals surface area contributed by atoms with Gasteiger partial charge < -0.3 is 5.11 Å². The molecule has 1 saturated heterocycles. The summed E-state index contributed by atoms with van der Waals surface area (Å²) in [4.78, 5) is 12.3. The summed E-state index contributed by atoms with van der Waals surface area (Å²) in [5, 5.41) is 9.07. The van der Waals surface area contributed by atoms with Gasteiger partial charge in [-0.3, -0.25) is 9.69 Å². The second kappa shape index (κ2) is 3.24. The molecule has 0 radical (unpaired) electrons. The van der Waals surface area contributed by atoms with Crippen LogP contribution in [-0.2, 0) is 4.79 Å². The third-order valence-electron chi connectivity index (χ3n) is 1.70. The summed E-state index contributed by atoms with van der Waals surface area (Å²) in [6.07, 6.45) is 0. The largest absolute Gasteiger partial charge is 0.481 e. The fourth-order valence-electron chi connectivity index (χ4n) is 1.10. The minimum absolute atomic E-state index is 0.203. The van der Waals surface area contributed by atoms with E-state index in [1.165, 1.54) is 0 Å². The van der Waals surface area contributed by atoms with Gasteiger partial charge in [0.1, 0.15) is 0 Å². The Hall–Kier alpha value is -0.540. The number of nitrogens with zero attached hydrogens (tertiary/aromatic N) is 1. The zero-order valence-corrected chi connectivity index (χ0v) is 6.84. The Morgan fingerprint density at radius 3 is 2.64 bits per heavy atom. The number of aliphatic carboxylic acids is 1. The molecule has 1 fully saturated rings. The Kier molecular flexibility index (Phi) is 2.52. The highest BCUT2D eigenvalue weighted by Crippen LogP contribution is 2.17. The molecule has 0 unspecified atom stereocenters. The first-order valence-electron chi connectivity index (χ1n) is 3.38. The van der Waals surface area contributed by atoms with Crippen molar-refractivity contribution in [3.05, 3.63) is 11.6 Å². The van der Waals surface area contributed by atoms with E-state index < -0.39 is 5.97 Å². The minimum atomic E-state index is -0.721. The van der Waals surface area contributed by atoms with Crippen molar-refractivity contribution in [1.82, 2.24) is 4.90 Å². The summed E-state index contributed by atoms with van der Waals surface area (Å²) < 4.78 is 0. The number of hydrogen-bond donors (Lipinski definition) is 1. The molecule has 0 aromatic carbocycles. The van der Waals surface area contributed by atoms with Crippen molar-refractivity contribution in [3.63, 3.8) is 0 Å². The second-order valence-electron chi connectivity index (χ2n) is 2.75. The van der Waals surface area contributed by atoms with Gasteiger partial charge in [-0.2, -0.15) is 0 Å². The summed E-state index contributed by atoms with van der Waals surface area (Å²) >= 11 is 5.53. The molecule has 1 aliphatic heterocycles. The molecule has 0 bridgehead atoms. The summed E-state index contributed by atoms with van der Waals surface area (Å²) in [5.41, 5.74) is 0. The number of carboxylic acids is 1. The van der Waals surface area contributed by atoms with E-state index >= 15 is 0 Å². The van der Waals surface area contributed by atoms with Crippen LogP contribution in [0, 0.1) is 5.92 Å². The third kappa shape index (κ3) is 2.20. The van der Waals surface area contributed by atoms with E-state index in [0.717, 1.165) is 0 Å². The lowest BCUT2D eigenvalue weighted by molar-refractivity contribution is -0.147. The van der Waals surface area contributed by atoms with E-state index in [9.17, 15) is 4.79 Å². The number of rotatable bonds is 3. The maximum atomic E-state index is 10.3. The van der Waals surface area contributed by atoms with Gasteiger partial charge in [0.15, 0.2) is 0 Å². The summed E-state index contributed by atoms with van der Waals surface area (Å²) in [6, 6.07) is 0. The number of hydrogen-bond acceptors (Lipinski definition) is 2. The second-order valence-corrected chi connectivity index (χ2v) is 3.28. The average molecular weight is 176 g/mol. The van der Waals surface area contributed by atoms with Crippen LogP contribution in [0.15, 0.2) is 11.6 Å². The molecule has 0 amide bonds. The minimum Gasteiger partial charge on any atom is -0.481 e. The molecular weight excluding hydrogens is 166 g/mol. The van der Waals surface area contributed by atoms with Crippen molar-refractivity contribution < 1.29 is 9.90 Å². The monoisotopic (exact) mass is 175 g/mol. The Bertz CT molecular complexity index is 187. The fourth-order valence-corrected chi connectivity index (χ4v) is 1.27. The van der Waals surface area contributed by atoms with Crippen LogP contribution in [0.1, 0.15) is 0 Å². The lowest BCUT2D eigenvalue weighted by atomic mass is 10.0. The van der Waals surface area contributed by atoms with E-state index in [1.807, 2.05) is 4.90 Å². The first-order valence-corrected chi connectivity index (χ1v) is 3.76. The molecule has 0 saturated carbocycles. The molecular formula is C7H10ClNO2. The van der Waals surface area contributed by atoms with Crippen LogP contribution in [0.4, 0.5) is 0 Å². The van der Waals surface area contributed by atoms with Crippen molar-refractivity contribution in [3.8, 4) is 0 Å². The Morgan fingerprint density at radius 1 is 1.73 bits per heavy atom. The van der Waals surface area contributed by atoms with Gasteiger partial charge in [0, 0.05) is 24.7 Å². The molecule has 0 aliphatic carbocycles. The van der Waals surface area contributed by atoms with Crippen LogP contribution in [-0.4, -0.2) is 35.6 Å². The van der Waals surface area contributed by atoms with Crippen molar-refractivity contribution in [2.24, 2.45) is 5.92 Å². The predicted molar refractivity (Wildman–Crippen MR) is 42.6 cm³/mol. The van der Waals surface area contributed by atoms with Crippen molar-refractivity contribution in [2.75, 3.05) is 19.6 Å². The molecule has 1 rings (SSSR count). The number of halogens is 1. The zero-order valence-electron chi connectivity index (χ0n) is 6.09. The van der Waals surface area contributed by atoms with Gasteiger partial charge in [-0.05, 0) is 0 Å². The molecule has 3 nitrogen and oxygen atoms in total. The molecule has 0 spiro atoms. The molecule has 11 heavy (non-hydrogen) atoms. The summed E-state index contributed by atoms with van der Waals surface area (Å²) in [7, 11) is 0. The van der Waals surface area contributed by atoms with Crippen LogP contribution in [0.3, 0.4) is 0 Å². The molecule has 1 aliphatic rings. The van der Waals surface area contributed by atoms with Gasteiger partial charge in [0.2, 0.25) is 0 Å². The SMILES string of the molecule is C=C(Cl)CN1CC(C(=O)O)C1. The molecule has 0 aromatic rings. The van der Waals surface area contributed by atoms with E-state index in [1.54, 1.807) is 0 Å². The summed E-state index contributed by atoms with van der Waals surface area (Å²) in [6.45, 7) is 5.32. The molecule has 0 aromatic heterocycles. The molecule has 0 atom stereocenters. The topological polar surface area (TPSA) is 40.5 Å².